The summed E-state index contributed by atoms with van der Waals surface area (Å²) in [5.74, 6) is -0.787. The molecular formula is C11H16N4O3. The summed E-state index contributed by atoms with van der Waals surface area (Å²) in [6.45, 7) is 3.62. The fraction of sp³-hybridized carbons (Fsp3) is 0.455. The van der Waals surface area contributed by atoms with Gasteiger partial charge in [-0.1, -0.05) is 0 Å². The number of carboxylic acid groups (broad SMARTS) is 1. The SMILES string of the molecule is CC(=O)NC(CNCc1ccnc(C)n1)C(=O)O. The predicted molar refractivity (Wildman–Crippen MR) is 63.7 cm³/mol. The molecule has 1 aromatic heterocycles. The highest BCUT2D eigenvalue weighted by Gasteiger charge is 2.17. The summed E-state index contributed by atoms with van der Waals surface area (Å²) >= 11 is 0. The van der Waals surface area contributed by atoms with E-state index in [1.807, 2.05) is 0 Å². The molecule has 3 N–H and O–H groups in total. The van der Waals surface area contributed by atoms with Crippen LogP contribution in [0.3, 0.4) is 0 Å². The molecule has 1 atom stereocenters. The molecule has 1 rings (SSSR count). The van der Waals surface area contributed by atoms with E-state index in [0.29, 0.717) is 12.4 Å². The molecule has 1 heterocycles. The lowest BCUT2D eigenvalue weighted by Crippen LogP contribution is -2.46. The van der Waals surface area contributed by atoms with E-state index < -0.39 is 12.0 Å². The summed E-state index contributed by atoms with van der Waals surface area (Å²) in [5.41, 5.74) is 0.773. The number of aliphatic carboxylic acids is 1. The Bertz CT molecular complexity index is 436. The Balaban J connectivity index is 2.43. The van der Waals surface area contributed by atoms with E-state index in [0.717, 1.165) is 5.69 Å². The highest BCUT2D eigenvalue weighted by atomic mass is 16.4. The summed E-state index contributed by atoms with van der Waals surface area (Å²) in [7, 11) is 0. The van der Waals surface area contributed by atoms with Crippen LogP contribution in [0.5, 0.6) is 0 Å². The zero-order valence-corrected chi connectivity index (χ0v) is 10.3. The van der Waals surface area contributed by atoms with Crippen molar-refractivity contribution in [1.29, 1.82) is 0 Å². The van der Waals surface area contributed by atoms with E-state index >= 15 is 0 Å². The molecule has 0 saturated heterocycles. The van der Waals surface area contributed by atoms with Crippen molar-refractivity contribution < 1.29 is 14.7 Å². The summed E-state index contributed by atoms with van der Waals surface area (Å²) in [4.78, 5) is 29.8. The van der Waals surface area contributed by atoms with Gasteiger partial charge in [-0.25, -0.2) is 14.8 Å². The first-order valence-electron chi connectivity index (χ1n) is 5.48. The number of carboxylic acids is 1. The van der Waals surface area contributed by atoms with Gasteiger partial charge in [-0.3, -0.25) is 4.79 Å². The van der Waals surface area contributed by atoms with E-state index in [9.17, 15) is 9.59 Å². The maximum Gasteiger partial charge on any atom is 0.327 e. The van der Waals surface area contributed by atoms with Crippen LogP contribution in [-0.4, -0.2) is 39.5 Å². The summed E-state index contributed by atoms with van der Waals surface area (Å²) in [6.07, 6.45) is 1.64. The number of nitrogens with zero attached hydrogens (tertiary/aromatic N) is 2. The Morgan fingerprint density at radius 3 is 2.78 bits per heavy atom. The normalized spacial score (nSPS) is 11.9. The summed E-state index contributed by atoms with van der Waals surface area (Å²) in [6, 6.07) is 0.805. The zero-order chi connectivity index (χ0) is 13.5. The Morgan fingerprint density at radius 2 is 2.22 bits per heavy atom. The average molecular weight is 252 g/mol. The zero-order valence-electron chi connectivity index (χ0n) is 10.3. The van der Waals surface area contributed by atoms with Gasteiger partial charge in [0.15, 0.2) is 0 Å². The van der Waals surface area contributed by atoms with Crippen LogP contribution < -0.4 is 10.6 Å². The maximum absolute atomic E-state index is 10.9. The smallest absolute Gasteiger partial charge is 0.327 e. The molecule has 0 bridgehead atoms. The number of amides is 1. The quantitative estimate of drug-likeness (QED) is 0.628. The lowest BCUT2D eigenvalue weighted by Gasteiger charge is -2.13. The minimum Gasteiger partial charge on any atom is -0.480 e. The van der Waals surface area contributed by atoms with Gasteiger partial charge in [0.05, 0.1) is 5.69 Å². The molecular weight excluding hydrogens is 236 g/mol. The van der Waals surface area contributed by atoms with Gasteiger partial charge in [-0.05, 0) is 13.0 Å². The summed E-state index contributed by atoms with van der Waals surface area (Å²) < 4.78 is 0. The highest BCUT2D eigenvalue weighted by Crippen LogP contribution is 1.94. The molecule has 0 aliphatic rings. The molecule has 0 saturated carbocycles. The van der Waals surface area contributed by atoms with Gasteiger partial charge in [0, 0.05) is 26.2 Å². The Kier molecular flexibility index (Phi) is 5.19. The molecule has 1 aromatic rings. The molecule has 18 heavy (non-hydrogen) atoms. The molecule has 1 amide bonds. The van der Waals surface area contributed by atoms with Gasteiger partial charge < -0.3 is 15.7 Å². The number of aromatic nitrogens is 2. The van der Waals surface area contributed by atoms with Crippen LogP contribution in [0.4, 0.5) is 0 Å². The first-order valence-corrected chi connectivity index (χ1v) is 5.48. The third kappa shape index (κ3) is 4.88. The Hall–Kier alpha value is -2.02. The Labute approximate surface area is 105 Å². The van der Waals surface area contributed by atoms with Crippen molar-refractivity contribution in [3.8, 4) is 0 Å². The molecule has 98 valence electrons. The molecule has 0 spiro atoms. The van der Waals surface area contributed by atoms with E-state index in [-0.39, 0.29) is 12.5 Å². The second kappa shape index (κ2) is 6.65. The number of aryl methyl sites for hydroxylation is 1. The standard InChI is InChI=1S/C11H16N4O3/c1-7-13-4-3-9(14-7)5-12-6-10(11(17)18)15-8(2)16/h3-4,10,12H,5-6H2,1-2H3,(H,15,16)(H,17,18). The van der Waals surface area contributed by atoms with E-state index in [1.165, 1.54) is 6.92 Å². The second-order valence-corrected chi connectivity index (χ2v) is 3.82. The van der Waals surface area contributed by atoms with Crippen molar-refractivity contribution in [2.45, 2.75) is 26.4 Å². The third-order valence-electron chi connectivity index (χ3n) is 2.16. The van der Waals surface area contributed by atoms with Gasteiger partial charge in [0.25, 0.3) is 0 Å². The number of carbonyl (C=O) groups is 2. The molecule has 1 unspecified atom stereocenters. The van der Waals surface area contributed by atoms with E-state index in [2.05, 4.69) is 20.6 Å². The van der Waals surface area contributed by atoms with Gasteiger partial charge in [-0.15, -0.1) is 0 Å². The number of hydrogen-bond donors (Lipinski definition) is 3. The van der Waals surface area contributed by atoms with Crippen molar-refractivity contribution in [3.05, 3.63) is 23.8 Å². The number of nitrogens with one attached hydrogen (secondary N) is 2. The van der Waals surface area contributed by atoms with Crippen molar-refractivity contribution in [2.24, 2.45) is 0 Å². The van der Waals surface area contributed by atoms with Crippen molar-refractivity contribution in [3.63, 3.8) is 0 Å². The molecule has 0 aromatic carbocycles. The Morgan fingerprint density at radius 1 is 1.50 bits per heavy atom. The average Bonchev–Trinajstić information content (AvgIpc) is 2.27. The minimum atomic E-state index is -1.07. The van der Waals surface area contributed by atoms with Crippen LogP contribution in [0.1, 0.15) is 18.4 Å². The second-order valence-electron chi connectivity index (χ2n) is 3.82. The molecule has 0 aliphatic carbocycles. The first kappa shape index (κ1) is 14.0. The van der Waals surface area contributed by atoms with Crippen LogP contribution in [-0.2, 0) is 16.1 Å². The van der Waals surface area contributed by atoms with E-state index in [1.54, 1.807) is 19.2 Å². The van der Waals surface area contributed by atoms with Crippen LogP contribution in [0, 0.1) is 6.92 Å². The van der Waals surface area contributed by atoms with Crippen molar-refractivity contribution in [1.82, 2.24) is 20.6 Å². The van der Waals surface area contributed by atoms with Gasteiger partial charge in [-0.2, -0.15) is 0 Å². The van der Waals surface area contributed by atoms with Crippen LogP contribution in [0.15, 0.2) is 12.3 Å². The molecule has 0 radical (unpaired) electrons. The maximum atomic E-state index is 10.9. The third-order valence-corrected chi connectivity index (χ3v) is 2.16. The van der Waals surface area contributed by atoms with Crippen LogP contribution in [0.2, 0.25) is 0 Å². The van der Waals surface area contributed by atoms with Crippen LogP contribution >= 0.6 is 0 Å². The fourth-order valence-corrected chi connectivity index (χ4v) is 1.39. The van der Waals surface area contributed by atoms with Crippen molar-refractivity contribution >= 4 is 11.9 Å². The monoisotopic (exact) mass is 252 g/mol. The molecule has 7 nitrogen and oxygen atoms in total. The number of rotatable bonds is 6. The predicted octanol–water partition coefficient (Wildman–Crippen LogP) is -0.536. The van der Waals surface area contributed by atoms with E-state index in [4.69, 9.17) is 5.11 Å². The first-order chi connectivity index (χ1) is 8.49. The van der Waals surface area contributed by atoms with Crippen molar-refractivity contribution in [2.75, 3.05) is 6.54 Å². The topological polar surface area (TPSA) is 104 Å². The molecule has 7 heteroatoms. The molecule has 0 aliphatic heterocycles. The van der Waals surface area contributed by atoms with Gasteiger partial charge in [0.1, 0.15) is 11.9 Å². The largest absolute Gasteiger partial charge is 0.480 e. The van der Waals surface area contributed by atoms with Gasteiger partial charge >= 0.3 is 5.97 Å². The van der Waals surface area contributed by atoms with Gasteiger partial charge in [0.2, 0.25) is 5.91 Å². The lowest BCUT2D eigenvalue weighted by molar-refractivity contribution is -0.141. The lowest BCUT2D eigenvalue weighted by atomic mass is 10.3. The number of carbonyl (C=O) groups excluding carboxylic acids is 1. The number of hydrogen-bond acceptors (Lipinski definition) is 5. The fourth-order valence-electron chi connectivity index (χ4n) is 1.39. The minimum absolute atomic E-state index is 0.137. The van der Waals surface area contributed by atoms with Crippen LogP contribution in [0.25, 0.3) is 0 Å². The molecule has 0 fully saturated rings. The summed E-state index contributed by atoms with van der Waals surface area (Å²) in [5, 5.41) is 14.2. The highest BCUT2D eigenvalue weighted by molar-refractivity contribution is 5.82.